The number of fused-ring (bicyclic) bond motifs is 3. The molecule has 1 aromatic rings. The smallest absolute Gasteiger partial charge is 0.182 e. The lowest BCUT2D eigenvalue weighted by Gasteiger charge is -2.41. The number of rotatable bonds is 4. The molecule has 3 saturated heterocycles. The molecule has 3 heterocycles. The van der Waals surface area contributed by atoms with Crippen LogP contribution in [0.25, 0.3) is 6.08 Å². The summed E-state index contributed by atoms with van der Waals surface area (Å²) in [6.45, 7) is 4.52. The molecule has 0 aromatic heterocycles. The lowest BCUT2D eigenvalue weighted by atomic mass is 9.84. The summed E-state index contributed by atoms with van der Waals surface area (Å²) in [5.41, 5.74) is 1.83. The van der Waals surface area contributed by atoms with Gasteiger partial charge in [0.05, 0.1) is 19.4 Å². The third-order valence-electron chi connectivity index (χ3n) is 4.25. The number of hydrogen-bond acceptors (Lipinski definition) is 4. The van der Waals surface area contributed by atoms with Crippen LogP contribution < -0.4 is 9.47 Å². The average molecular weight is 287 g/mol. The van der Waals surface area contributed by atoms with E-state index in [1.807, 2.05) is 31.2 Å². The first-order valence-corrected chi connectivity index (χ1v) is 7.54. The highest BCUT2D eigenvalue weighted by molar-refractivity contribution is 6.01. The minimum absolute atomic E-state index is 0.228. The lowest BCUT2D eigenvalue weighted by molar-refractivity contribution is -0.125. The van der Waals surface area contributed by atoms with Crippen molar-refractivity contribution in [3.8, 4) is 11.5 Å². The van der Waals surface area contributed by atoms with Crippen LogP contribution in [0.2, 0.25) is 0 Å². The number of ketones is 1. The van der Waals surface area contributed by atoms with Crippen LogP contribution in [0.5, 0.6) is 11.5 Å². The van der Waals surface area contributed by atoms with Crippen molar-refractivity contribution in [2.75, 3.05) is 26.8 Å². The summed E-state index contributed by atoms with van der Waals surface area (Å²) in [7, 11) is 1.63. The summed E-state index contributed by atoms with van der Waals surface area (Å²) < 4.78 is 10.9. The molecular weight excluding hydrogens is 266 g/mol. The second kappa shape index (κ2) is 5.80. The molecule has 0 spiro atoms. The van der Waals surface area contributed by atoms with Crippen LogP contribution in [-0.4, -0.2) is 37.5 Å². The Hall–Kier alpha value is -1.97. The maximum atomic E-state index is 12.4. The quantitative estimate of drug-likeness (QED) is 0.798. The molecule has 0 atom stereocenters. The number of hydrogen-bond donors (Lipinski definition) is 0. The highest BCUT2D eigenvalue weighted by Crippen LogP contribution is 2.34. The maximum Gasteiger partial charge on any atom is 0.182 e. The van der Waals surface area contributed by atoms with Gasteiger partial charge in [0.25, 0.3) is 0 Å². The van der Waals surface area contributed by atoms with E-state index in [2.05, 4.69) is 4.90 Å². The first-order valence-electron chi connectivity index (χ1n) is 7.54. The second-order valence-electron chi connectivity index (χ2n) is 5.50. The fourth-order valence-corrected chi connectivity index (χ4v) is 3.12. The van der Waals surface area contributed by atoms with Gasteiger partial charge >= 0.3 is 0 Å². The molecule has 1 aromatic carbocycles. The van der Waals surface area contributed by atoms with Crippen molar-refractivity contribution in [2.24, 2.45) is 5.92 Å². The lowest BCUT2D eigenvalue weighted by Crippen LogP contribution is -2.45. The molecule has 0 saturated carbocycles. The normalized spacial score (nSPS) is 20.2. The van der Waals surface area contributed by atoms with E-state index in [1.165, 1.54) is 0 Å². The van der Waals surface area contributed by atoms with Gasteiger partial charge < -0.3 is 14.4 Å². The SMILES string of the molecule is CCOc1cc(C=C2C(=O)C3CCN2CC3)ccc1OC. The number of methoxy groups -OCH3 is 1. The Bertz CT molecular complexity index is 571. The number of Topliss-reactive ketones (excluding diaryl/α,β-unsaturated/α-hetero) is 1. The third kappa shape index (κ3) is 2.62. The van der Waals surface area contributed by atoms with Gasteiger partial charge in [-0.2, -0.15) is 0 Å². The van der Waals surface area contributed by atoms with Crippen LogP contribution in [0, 0.1) is 5.92 Å². The van der Waals surface area contributed by atoms with Crippen molar-refractivity contribution in [1.29, 1.82) is 0 Å². The van der Waals surface area contributed by atoms with Crippen LogP contribution in [0.1, 0.15) is 25.3 Å². The van der Waals surface area contributed by atoms with Crippen molar-refractivity contribution in [2.45, 2.75) is 19.8 Å². The van der Waals surface area contributed by atoms with Crippen LogP contribution >= 0.6 is 0 Å². The zero-order valence-corrected chi connectivity index (χ0v) is 12.6. The van der Waals surface area contributed by atoms with E-state index >= 15 is 0 Å². The Balaban J connectivity index is 1.92. The predicted octanol–water partition coefficient (Wildman–Crippen LogP) is 2.73. The molecule has 21 heavy (non-hydrogen) atoms. The van der Waals surface area contributed by atoms with E-state index in [9.17, 15) is 4.79 Å². The van der Waals surface area contributed by atoms with Crippen molar-refractivity contribution >= 4 is 11.9 Å². The largest absolute Gasteiger partial charge is 0.493 e. The van der Waals surface area contributed by atoms with E-state index in [1.54, 1.807) is 7.11 Å². The van der Waals surface area contributed by atoms with Crippen molar-refractivity contribution in [1.82, 2.24) is 4.90 Å². The number of carbonyl (C=O) groups is 1. The summed E-state index contributed by atoms with van der Waals surface area (Å²) in [6.07, 6.45) is 3.99. The molecule has 0 aliphatic carbocycles. The van der Waals surface area contributed by atoms with Gasteiger partial charge in [-0.15, -0.1) is 0 Å². The van der Waals surface area contributed by atoms with Gasteiger partial charge in [-0.05, 0) is 43.5 Å². The minimum atomic E-state index is 0.228. The van der Waals surface area contributed by atoms with E-state index in [0.717, 1.165) is 48.7 Å². The molecule has 4 nitrogen and oxygen atoms in total. The Labute approximate surface area is 125 Å². The van der Waals surface area contributed by atoms with Gasteiger partial charge in [-0.3, -0.25) is 4.79 Å². The van der Waals surface area contributed by atoms with Gasteiger partial charge in [-0.1, -0.05) is 6.07 Å². The molecular formula is C17H21NO3. The van der Waals surface area contributed by atoms with Gasteiger partial charge in [0, 0.05) is 19.0 Å². The van der Waals surface area contributed by atoms with E-state index < -0.39 is 0 Å². The summed E-state index contributed by atoms with van der Waals surface area (Å²) in [5, 5.41) is 0. The number of nitrogens with zero attached hydrogens (tertiary/aromatic N) is 1. The van der Waals surface area contributed by atoms with Crippen molar-refractivity contribution in [3.05, 3.63) is 29.5 Å². The average Bonchev–Trinajstić information content (AvgIpc) is 2.52. The topological polar surface area (TPSA) is 38.8 Å². The Morgan fingerprint density at radius 2 is 2.05 bits per heavy atom. The van der Waals surface area contributed by atoms with Gasteiger partial charge in [0.15, 0.2) is 17.3 Å². The van der Waals surface area contributed by atoms with Gasteiger partial charge in [-0.25, -0.2) is 0 Å². The Kier molecular flexibility index (Phi) is 3.86. The van der Waals surface area contributed by atoms with E-state index in [0.29, 0.717) is 12.4 Å². The zero-order valence-electron chi connectivity index (χ0n) is 12.6. The molecule has 112 valence electrons. The van der Waals surface area contributed by atoms with E-state index in [-0.39, 0.29) is 5.92 Å². The molecule has 4 rings (SSSR count). The highest BCUT2D eigenvalue weighted by atomic mass is 16.5. The molecule has 2 bridgehead atoms. The molecule has 3 aliphatic heterocycles. The molecule has 4 heteroatoms. The Morgan fingerprint density at radius 1 is 1.29 bits per heavy atom. The van der Waals surface area contributed by atoms with E-state index in [4.69, 9.17) is 9.47 Å². The monoisotopic (exact) mass is 287 g/mol. The third-order valence-corrected chi connectivity index (χ3v) is 4.25. The maximum absolute atomic E-state index is 12.4. The van der Waals surface area contributed by atoms with Crippen molar-refractivity contribution in [3.63, 3.8) is 0 Å². The second-order valence-corrected chi connectivity index (χ2v) is 5.50. The van der Waals surface area contributed by atoms with Crippen LogP contribution in [0.3, 0.4) is 0 Å². The predicted molar refractivity (Wildman–Crippen MR) is 81.4 cm³/mol. The van der Waals surface area contributed by atoms with Gasteiger partial charge in [0.1, 0.15) is 0 Å². The summed E-state index contributed by atoms with van der Waals surface area (Å²) in [4.78, 5) is 14.6. The molecule has 0 unspecified atom stereocenters. The van der Waals surface area contributed by atoms with Crippen LogP contribution in [0.15, 0.2) is 23.9 Å². The fourth-order valence-electron chi connectivity index (χ4n) is 3.12. The summed E-state index contributed by atoms with van der Waals surface area (Å²) in [6, 6.07) is 5.79. The number of piperidine rings is 3. The van der Waals surface area contributed by atoms with Gasteiger partial charge in [0.2, 0.25) is 0 Å². The number of allylic oxidation sites excluding steroid dienone is 1. The minimum Gasteiger partial charge on any atom is -0.493 e. The number of benzene rings is 1. The molecule has 3 fully saturated rings. The molecule has 0 amide bonds. The summed E-state index contributed by atoms with van der Waals surface area (Å²) in [5.74, 6) is 1.96. The molecule has 0 radical (unpaired) electrons. The van der Waals surface area contributed by atoms with Crippen LogP contribution in [0.4, 0.5) is 0 Å². The first kappa shape index (κ1) is 14.0. The molecule has 0 N–H and O–H groups in total. The Morgan fingerprint density at radius 3 is 2.67 bits per heavy atom. The van der Waals surface area contributed by atoms with Crippen molar-refractivity contribution < 1.29 is 14.3 Å². The zero-order chi connectivity index (χ0) is 14.8. The highest BCUT2D eigenvalue weighted by Gasteiger charge is 2.36. The van der Waals surface area contributed by atoms with Crippen LogP contribution in [-0.2, 0) is 4.79 Å². The standard InChI is InChI=1S/C17H21NO3/c1-3-21-16-11-12(4-5-15(16)20-2)10-14-17(19)13-6-8-18(14)9-7-13/h4-5,10-11,13H,3,6-9H2,1-2H3. The fraction of sp³-hybridized carbons (Fsp3) is 0.471. The number of carbonyl (C=O) groups excluding carboxylic acids is 1. The molecule has 3 aliphatic rings. The summed E-state index contributed by atoms with van der Waals surface area (Å²) >= 11 is 0. The number of ether oxygens (including phenoxy) is 2. The first-order chi connectivity index (χ1) is 10.2.